The highest BCUT2D eigenvalue weighted by molar-refractivity contribution is 9.10. The first kappa shape index (κ1) is 16.2. The van der Waals surface area contributed by atoms with E-state index in [9.17, 15) is 4.79 Å². The van der Waals surface area contributed by atoms with Crippen LogP contribution in [0, 0.1) is 5.92 Å². The van der Waals surface area contributed by atoms with Crippen molar-refractivity contribution in [3.63, 3.8) is 0 Å². The van der Waals surface area contributed by atoms with E-state index in [0.717, 1.165) is 47.0 Å². The van der Waals surface area contributed by atoms with Crippen molar-refractivity contribution in [2.75, 3.05) is 5.32 Å². The van der Waals surface area contributed by atoms with Crippen LogP contribution in [0.15, 0.2) is 28.7 Å². The molecule has 1 aliphatic carbocycles. The second-order valence-electron chi connectivity index (χ2n) is 6.05. The normalized spacial score (nSPS) is 20.7. The van der Waals surface area contributed by atoms with Gasteiger partial charge < -0.3 is 11.1 Å². The van der Waals surface area contributed by atoms with E-state index in [2.05, 4.69) is 38.4 Å². The molecule has 3 rings (SSSR count). The molecule has 1 aliphatic rings. The van der Waals surface area contributed by atoms with Crippen molar-refractivity contribution in [1.29, 1.82) is 0 Å². The van der Waals surface area contributed by atoms with Crippen LogP contribution in [0.1, 0.15) is 31.7 Å². The first-order valence-electron chi connectivity index (χ1n) is 7.98. The fourth-order valence-corrected chi connectivity index (χ4v) is 3.41. The molecule has 4 N–H and O–H groups in total. The van der Waals surface area contributed by atoms with E-state index in [0.29, 0.717) is 5.82 Å². The predicted octanol–water partition coefficient (Wildman–Crippen LogP) is 3.47. The topological polar surface area (TPSA) is 83.8 Å². The van der Waals surface area contributed by atoms with Gasteiger partial charge in [-0.2, -0.15) is 5.10 Å². The Morgan fingerprint density at radius 2 is 2.13 bits per heavy atom. The average molecular weight is 377 g/mol. The van der Waals surface area contributed by atoms with Gasteiger partial charge in [0.1, 0.15) is 0 Å². The van der Waals surface area contributed by atoms with Crippen molar-refractivity contribution >= 4 is 27.7 Å². The van der Waals surface area contributed by atoms with Crippen LogP contribution in [0.3, 0.4) is 0 Å². The summed E-state index contributed by atoms with van der Waals surface area (Å²) in [6.07, 6.45) is 3.33. The minimum absolute atomic E-state index is 0.00235. The fourth-order valence-electron chi connectivity index (χ4n) is 3.14. The molecule has 2 aromatic rings. The van der Waals surface area contributed by atoms with Gasteiger partial charge in [0.25, 0.3) is 0 Å². The third kappa shape index (κ3) is 3.48. The van der Waals surface area contributed by atoms with Crippen LogP contribution in [0.2, 0.25) is 0 Å². The highest BCUT2D eigenvalue weighted by Crippen LogP contribution is 2.30. The van der Waals surface area contributed by atoms with Crippen LogP contribution in [-0.4, -0.2) is 22.1 Å². The van der Waals surface area contributed by atoms with Gasteiger partial charge in [0.2, 0.25) is 5.91 Å². The minimum Gasteiger partial charge on any atom is -0.328 e. The van der Waals surface area contributed by atoms with Gasteiger partial charge in [-0.05, 0) is 43.4 Å². The van der Waals surface area contributed by atoms with Crippen molar-refractivity contribution in [3.05, 3.63) is 34.3 Å². The van der Waals surface area contributed by atoms with Crippen molar-refractivity contribution in [2.24, 2.45) is 11.7 Å². The number of rotatable bonds is 4. The van der Waals surface area contributed by atoms with E-state index in [1.54, 1.807) is 0 Å². The fraction of sp³-hybridized carbons (Fsp3) is 0.412. The molecule has 0 saturated heterocycles. The molecule has 1 saturated carbocycles. The van der Waals surface area contributed by atoms with Gasteiger partial charge in [-0.25, -0.2) is 0 Å². The molecule has 1 amide bonds. The van der Waals surface area contributed by atoms with Crippen LogP contribution >= 0.6 is 15.9 Å². The summed E-state index contributed by atoms with van der Waals surface area (Å²) in [5.74, 6) is 0.667. The summed E-state index contributed by atoms with van der Waals surface area (Å²) < 4.78 is 1.03. The highest BCUT2D eigenvalue weighted by atomic mass is 79.9. The Labute approximate surface area is 144 Å². The Morgan fingerprint density at radius 1 is 1.39 bits per heavy atom. The van der Waals surface area contributed by atoms with E-state index >= 15 is 0 Å². The number of halogens is 1. The largest absolute Gasteiger partial charge is 0.328 e. The lowest BCUT2D eigenvalue weighted by molar-refractivity contribution is -0.119. The van der Waals surface area contributed by atoms with Crippen molar-refractivity contribution in [1.82, 2.24) is 10.2 Å². The zero-order chi connectivity index (χ0) is 16.4. The lowest BCUT2D eigenvalue weighted by Crippen LogP contribution is -2.23. The Morgan fingerprint density at radius 3 is 2.74 bits per heavy atom. The average Bonchev–Trinajstić information content (AvgIpc) is 3.14. The molecule has 0 bridgehead atoms. The number of hydrogen-bond acceptors (Lipinski definition) is 3. The second-order valence-corrected chi connectivity index (χ2v) is 6.96. The van der Waals surface area contributed by atoms with Crippen LogP contribution < -0.4 is 11.1 Å². The van der Waals surface area contributed by atoms with Gasteiger partial charge in [0.15, 0.2) is 5.82 Å². The molecule has 2 unspecified atom stereocenters. The Balaban J connectivity index is 1.81. The van der Waals surface area contributed by atoms with Gasteiger partial charge in [-0.1, -0.05) is 35.0 Å². The number of amides is 1. The molecule has 0 spiro atoms. The highest BCUT2D eigenvalue weighted by Gasteiger charge is 2.28. The summed E-state index contributed by atoms with van der Waals surface area (Å²) in [4.78, 5) is 12.4. The minimum atomic E-state index is 0.00235. The monoisotopic (exact) mass is 376 g/mol. The predicted molar refractivity (Wildman–Crippen MR) is 95.0 cm³/mol. The summed E-state index contributed by atoms with van der Waals surface area (Å²) in [6, 6.07) is 8.19. The standard InChI is InChI=1S/C17H21BrN4O/c1-2-14-15(10-3-6-12(18)7-4-10)21-22-16(14)20-17(23)11-5-8-13(19)9-11/h3-4,6-7,11,13H,2,5,8-9,19H2,1H3,(H2,20,21,22,23). The number of nitrogens with zero attached hydrogens (tertiary/aromatic N) is 1. The number of aromatic nitrogens is 2. The van der Waals surface area contributed by atoms with Gasteiger partial charge in [0, 0.05) is 22.0 Å². The molecule has 122 valence electrons. The Kier molecular flexibility index (Phi) is 4.82. The molecule has 1 aromatic carbocycles. The number of nitrogens with two attached hydrogens (primary N) is 1. The van der Waals surface area contributed by atoms with E-state index in [-0.39, 0.29) is 17.9 Å². The number of hydrogen-bond donors (Lipinski definition) is 3. The molecule has 6 heteroatoms. The zero-order valence-corrected chi connectivity index (χ0v) is 14.7. The van der Waals surface area contributed by atoms with Gasteiger partial charge in [-0.15, -0.1) is 0 Å². The van der Waals surface area contributed by atoms with E-state index < -0.39 is 0 Å². The smallest absolute Gasteiger partial charge is 0.228 e. The summed E-state index contributed by atoms with van der Waals surface area (Å²) >= 11 is 3.44. The molecule has 2 atom stereocenters. The molecule has 5 nitrogen and oxygen atoms in total. The SMILES string of the molecule is CCc1c(NC(=O)C2CCC(N)C2)n[nH]c1-c1ccc(Br)cc1. The Bertz CT molecular complexity index is 695. The van der Waals surface area contributed by atoms with Gasteiger partial charge in [-0.3, -0.25) is 9.89 Å². The van der Waals surface area contributed by atoms with E-state index in [1.165, 1.54) is 0 Å². The van der Waals surface area contributed by atoms with E-state index in [4.69, 9.17) is 5.73 Å². The first-order chi connectivity index (χ1) is 11.1. The lowest BCUT2D eigenvalue weighted by atomic mass is 10.0. The molecular formula is C17H21BrN4O. The molecule has 0 radical (unpaired) electrons. The van der Waals surface area contributed by atoms with Crippen molar-refractivity contribution in [3.8, 4) is 11.3 Å². The maximum Gasteiger partial charge on any atom is 0.228 e. The maximum absolute atomic E-state index is 12.4. The third-order valence-corrected chi connectivity index (χ3v) is 4.97. The number of aromatic amines is 1. The Hall–Kier alpha value is -1.66. The summed E-state index contributed by atoms with van der Waals surface area (Å²) in [5.41, 5.74) is 8.94. The number of nitrogens with one attached hydrogen (secondary N) is 2. The van der Waals surface area contributed by atoms with E-state index in [1.807, 2.05) is 24.3 Å². The molecular weight excluding hydrogens is 356 g/mol. The van der Waals surface area contributed by atoms with Crippen molar-refractivity contribution < 1.29 is 4.79 Å². The molecule has 1 fully saturated rings. The first-order valence-corrected chi connectivity index (χ1v) is 8.77. The van der Waals surface area contributed by atoms with Crippen molar-refractivity contribution in [2.45, 2.75) is 38.6 Å². The molecule has 1 aromatic heterocycles. The van der Waals surface area contributed by atoms with Crippen LogP contribution in [0.25, 0.3) is 11.3 Å². The van der Waals surface area contributed by atoms with Gasteiger partial charge in [0.05, 0.1) is 5.69 Å². The number of benzene rings is 1. The number of H-pyrrole nitrogens is 1. The number of anilines is 1. The zero-order valence-electron chi connectivity index (χ0n) is 13.1. The van der Waals surface area contributed by atoms with Crippen LogP contribution in [0.4, 0.5) is 5.82 Å². The second kappa shape index (κ2) is 6.84. The molecule has 23 heavy (non-hydrogen) atoms. The summed E-state index contributed by atoms with van der Waals surface area (Å²) in [5, 5.41) is 10.4. The van der Waals surface area contributed by atoms with Crippen LogP contribution in [-0.2, 0) is 11.2 Å². The number of carbonyl (C=O) groups is 1. The summed E-state index contributed by atoms with van der Waals surface area (Å²) in [6.45, 7) is 2.06. The molecule has 0 aliphatic heterocycles. The third-order valence-electron chi connectivity index (χ3n) is 4.44. The lowest BCUT2D eigenvalue weighted by Gasteiger charge is -2.10. The van der Waals surface area contributed by atoms with Gasteiger partial charge >= 0.3 is 0 Å². The summed E-state index contributed by atoms with van der Waals surface area (Å²) in [7, 11) is 0. The molecule has 1 heterocycles. The maximum atomic E-state index is 12.4. The quantitative estimate of drug-likeness (QED) is 0.763. The number of carbonyl (C=O) groups excluding carboxylic acids is 1. The van der Waals surface area contributed by atoms with Crippen LogP contribution in [0.5, 0.6) is 0 Å².